The lowest BCUT2D eigenvalue weighted by Crippen LogP contribution is -2.19. The van der Waals surface area contributed by atoms with Crippen LogP contribution in [0.15, 0.2) is 47.8 Å². The van der Waals surface area contributed by atoms with E-state index in [1.165, 1.54) is 24.6 Å². The maximum absolute atomic E-state index is 12.7. The van der Waals surface area contributed by atoms with Gasteiger partial charge in [0.1, 0.15) is 18.2 Å². The number of nitrogens with one attached hydrogen (secondary N) is 1. The molecule has 176 valence electrons. The average molecular weight is 469 g/mol. The first-order valence-corrected chi connectivity index (χ1v) is 12.6. The molecule has 0 spiro atoms. The van der Waals surface area contributed by atoms with Gasteiger partial charge >= 0.3 is 0 Å². The minimum atomic E-state index is -0.0692. The Hall–Kier alpha value is -2.81. The van der Waals surface area contributed by atoms with Gasteiger partial charge in [0, 0.05) is 12.6 Å². The van der Waals surface area contributed by atoms with E-state index in [0.717, 1.165) is 48.4 Å². The first-order valence-electron chi connectivity index (χ1n) is 11.7. The third-order valence-corrected chi connectivity index (χ3v) is 6.74. The van der Waals surface area contributed by atoms with E-state index in [1.807, 2.05) is 41.1 Å². The summed E-state index contributed by atoms with van der Waals surface area (Å²) in [4.78, 5) is 12.7. The van der Waals surface area contributed by atoms with Crippen molar-refractivity contribution in [3.8, 4) is 5.75 Å². The molecule has 4 rings (SSSR count). The van der Waals surface area contributed by atoms with Gasteiger partial charge in [0.2, 0.25) is 5.91 Å². The first kappa shape index (κ1) is 23.4. The topological polar surface area (TPSA) is 86.9 Å². The number of anilines is 1. The van der Waals surface area contributed by atoms with Crippen LogP contribution in [0.3, 0.4) is 0 Å². The van der Waals surface area contributed by atoms with Crippen molar-refractivity contribution < 1.29 is 9.53 Å². The SMILES string of the molecule is CC(C)CCn1c(COc2ccccc2)nnc1SCC(=O)Nc1ccnn1C1CCCC1. The number of nitrogens with zero attached hydrogens (tertiary/aromatic N) is 5. The lowest BCUT2D eigenvalue weighted by molar-refractivity contribution is -0.113. The van der Waals surface area contributed by atoms with E-state index in [-0.39, 0.29) is 11.7 Å². The number of carbonyl (C=O) groups excluding carboxylic acids is 1. The maximum Gasteiger partial charge on any atom is 0.235 e. The van der Waals surface area contributed by atoms with Crippen LogP contribution < -0.4 is 10.1 Å². The number of benzene rings is 1. The van der Waals surface area contributed by atoms with Crippen molar-refractivity contribution in [3.63, 3.8) is 0 Å². The number of carbonyl (C=O) groups is 1. The Bertz CT molecular complexity index is 1030. The molecule has 2 heterocycles. The van der Waals surface area contributed by atoms with Gasteiger partial charge in [0.05, 0.1) is 18.0 Å². The molecule has 0 saturated heterocycles. The molecule has 3 aromatic rings. The van der Waals surface area contributed by atoms with Crippen molar-refractivity contribution in [1.29, 1.82) is 0 Å². The zero-order valence-corrected chi connectivity index (χ0v) is 20.1. The predicted molar refractivity (Wildman–Crippen MR) is 129 cm³/mol. The van der Waals surface area contributed by atoms with Gasteiger partial charge in [0.15, 0.2) is 11.0 Å². The lowest BCUT2D eigenvalue weighted by atomic mass is 10.1. The monoisotopic (exact) mass is 468 g/mol. The highest BCUT2D eigenvalue weighted by Crippen LogP contribution is 2.31. The molecule has 0 radical (unpaired) electrons. The van der Waals surface area contributed by atoms with Crippen molar-refractivity contribution in [2.45, 2.75) is 70.3 Å². The molecular formula is C24H32N6O2S. The molecule has 9 heteroatoms. The normalized spacial score (nSPS) is 14.2. The van der Waals surface area contributed by atoms with Crippen molar-refractivity contribution in [2.24, 2.45) is 5.92 Å². The highest BCUT2D eigenvalue weighted by atomic mass is 32.2. The third kappa shape index (κ3) is 6.37. The number of para-hydroxylation sites is 1. The van der Waals surface area contributed by atoms with E-state index in [0.29, 0.717) is 18.6 Å². The maximum atomic E-state index is 12.7. The standard InChI is InChI=1S/C24H32N6O2S/c1-18(2)13-15-29-22(16-32-20-10-4-3-5-11-20)27-28-24(29)33-17-23(31)26-21-12-14-25-30(21)19-8-6-7-9-19/h3-5,10-12,14,18-19H,6-9,13,15-17H2,1-2H3,(H,26,31). The summed E-state index contributed by atoms with van der Waals surface area (Å²) in [6.45, 7) is 5.51. The quantitative estimate of drug-likeness (QED) is 0.401. The number of amides is 1. The fraction of sp³-hybridized carbons (Fsp3) is 0.500. The molecule has 0 atom stereocenters. The first-order chi connectivity index (χ1) is 16.1. The molecule has 1 fully saturated rings. The van der Waals surface area contributed by atoms with Crippen LogP contribution in [0.1, 0.15) is 57.8 Å². The lowest BCUT2D eigenvalue weighted by Gasteiger charge is -2.15. The van der Waals surface area contributed by atoms with Crippen molar-refractivity contribution in [3.05, 3.63) is 48.4 Å². The molecule has 2 aromatic heterocycles. The molecule has 0 unspecified atom stereocenters. The third-order valence-electron chi connectivity index (χ3n) is 5.78. The molecule has 8 nitrogen and oxygen atoms in total. The molecule has 1 aromatic carbocycles. The second-order valence-electron chi connectivity index (χ2n) is 8.77. The molecular weight excluding hydrogens is 436 g/mol. The van der Waals surface area contributed by atoms with Crippen LogP contribution in [0, 0.1) is 5.92 Å². The van der Waals surface area contributed by atoms with Gasteiger partial charge in [-0.3, -0.25) is 4.79 Å². The van der Waals surface area contributed by atoms with Crippen molar-refractivity contribution in [2.75, 3.05) is 11.1 Å². The number of thioether (sulfide) groups is 1. The fourth-order valence-electron chi connectivity index (χ4n) is 3.97. The second-order valence-corrected chi connectivity index (χ2v) is 9.71. The smallest absolute Gasteiger partial charge is 0.235 e. The van der Waals surface area contributed by atoms with Crippen LogP contribution in [-0.4, -0.2) is 36.2 Å². The minimum absolute atomic E-state index is 0.0692. The Morgan fingerprint density at radius 1 is 1.18 bits per heavy atom. The molecule has 33 heavy (non-hydrogen) atoms. The van der Waals surface area contributed by atoms with Gasteiger partial charge in [-0.1, -0.05) is 56.7 Å². The van der Waals surface area contributed by atoms with Crippen molar-refractivity contribution >= 4 is 23.5 Å². The van der Waals surface area contributed by atoms with Crippen LogP contribution in [0.25, 0.3) is 0 Å². The highest BCUT2D eigenvalue weighted by molar-refractivity contribution is 7.99. The number of hydrogen-bond donors (Lipinski definition) is 1. The summed E-state index contributed by atoms with van der Waals surface area (Å²) in [5, 5.41) is 16.9. The van der Waals surface area contributed by atoms with E-state index in [4.69, 9.17) is 4.74 Å². The number of rotatable bonds is 11. The molecule has 1 saturated carbocycles. The van der Waals surface area contributed by atoms with Crippen LogP contribution >= 0.6 is 11.8 Å². The van der Waals surface area contributed by atoms with E-state index in [2.05, 4.69) is 39.0 Å². The summed E-state index contributed by atoms with van der Waals surface area (Å²) in [6.07, 6.45) is 7.42. The van der Waals surface area contributed by atoms with E-state index in [9.17, 15) is 4.79 Å². The summed E-state index contributed by atoms with van der Waals surface area (Å²) in [7, 11) is 0. The molecule has 0 aliphatic heterocycles. The molecule has 1 aliphatic carbocycles. The Morgan fingerprint density at radius 2 is 1.97 bits per heavy atom. The molecule has 1 aliphatic rings. The summed E-state index contributed by atoms with van der Waals surface area (Å²) < 4.78 is 9.92. The van der Waals surface area contributed by atoms with Crippen LogP contribution in [0.5, 0.6) is 5.75 Å². The Kier molecular flexibility index (Phi) is 8.04. The zero-order valence-electron chi connectivity index (χ0n) is 19.3. The fourth-order valence-corrected chi connectivity index (χ4v) is 4.75. The predicted octanol–water partition coefficient (Wildman–Crippen LogP) is 4.95. The molecule has 0 bridgehead atoms. The summed E-state index contributed by atoms with van der Waals surface area (Å²) in [6, 6.07) is 11.9. The van der Waals surface area contributed by atoms with E-state index < -0.39 is 0 Å². The average Bonchev–Trinajstić information content (AvgIpc) is 3.56. The minimum Gasteiger partial charge on any atom is -0.486 e. The van der Waals surface area contributed by atoms with Crippen molar-refractivity contribution in [1.82, 2.24) is 24.5 Å². The van der Waals surface area contributed by atoms with E-state index >= 15 is 0 Å². The molecule has 1 amide bonds. The summed E-state index contributed by atoms with van der Waals surface area (Å²) >= 11 is 1.40. The summed E-state index contributed by atoms with van der Waals surface area (Å²) in [5.41, 5.74) is 0. The number of hydrogen-bond acceptors (Lipinski definition) is 6. The Balaban J connectivity index is 1.38. The Labute approximate surface area is 199 Å². The van der Waals surface area contributed by atoms with Crippen LogP contribution in [-0.2, 0) is 17.9 Å². The Morgan fingerprint density at radius 3 is 2.73 bits per heavy atom. The van der Waals surface area contributed by atoms with Gasteiger partial charge in [-0.25, -0.2) is 4.68 Å². The summed E-state index contributed by atoms with van der Waals surface area (Å²) in [5.74, 6) is 3.07. The largest absolute Gasteiger partial charge is 0.486 e. The van der Waals surface area contributed by atoms with E-state index in [1.54, 1.807) is 6.20 Å². The zero-order chi connectivity index (χ0) is 23.0. The van der Waals surface area contributed by atoms with Gasteiger partial charge in [-0.05, 0) is 37.3 Å². The van der Waals surface area contributed by atoms with Gasteiger partial charge in [-0.15, -0.1) is 10.2 Å². The van der Waals surface area contributed by atoms with Crippen LogP contribution in [0.4, 0.5) is 5.82 Å². The van der Waals surface area contributed by atoms with Crippen LogP contribution in [0.2, 0.25) is 0 Å². The van der Waals surface area contributed by atoms with Gasteiger partial charge in [-0.2, -0.15) is 5.10 Å². The van der Waals surface area contributed by atoms with Gasteiger partial charge in [0.25, 0.3) is 0 Å². The van der Waals surface area contributed by atoms with Gasteiger partial charge < -0.3 is 14.6 Å². The number of ether oxygens (including phenoxy) is 1. The molecule has 1 N–H and O–H groups in total. The highest BCUT2D eigenvalue weighted by Gasteiger charge is 2.21. The number of aromatic nitrogens is 5. The second kappa shape index (κ2) is 11.4.